The molecule has 3 aromatic carbocycles. The second-order valence-corrected chi connectivity index (χ2v) is 12.1. The summed E-state index contributed by atoms with van der Waals surface area (Å²) < 4.78 is 33.5. The average molecular weight is 535 g/mol. The normalized spacial score (nSPS) is 11.4. The molecule has 0 fully saturated rings. The third-order valence-corrected chi connectivity index (χ3v) is 9.68. The molecule has 0 spiro atoms. The Morgan fingerprint density at radius 3 is 2.24 bits per heavy atom. The summed E-state index contributed by atoms with van der Waals surface area (Å²) in [6.07, 6.45) is 0. The van der Waals surface area contributed by atoms with Crippen LogP contribution in [0.3, 0.4) is 0 Å². The van der Waals surface area contributed by atoms with Gasteiger partial charge >= 0.3 is 0 Å². The number of benzene rings is 3. The summed E-state index contributed by atoms with van der Waals surface area (Å²) in [6.45, 7) is 9.44. The van der Waals surface area contributed by atoms with Crippen LogP contribution in [0.4, 0.5) is 16.4 Å². The predicted molar refractivity (Wildman–Crippen MR) is 150 cm³/mol. The number of anilines is 3. The van der Waals surface area contributed by atoms with Gasteiger partial charge in [0, 0.05) is 5.56 Å². The van der Waals surface area contributed by atoms with E-state index in [1.165, 1.54) is 7.11 Å². The third-order valence-electron chi connectivity index (χ3n) is 6.44. The molecule has 37 heavy (non-hydrogen) atoms. The molecule has 4 aromatic rings. The first kappa shape index (κ1) is 26.4. The van der Waals surface area contributed by atoms with Gasteiger partial charge in [-0.1, -0.05) is 35.9 Å². The van der Waals surface area contributed by atoms with Gasteiger partial charge in [0.2, 0.25) is 15.6 Å². The maximum atomic E-state index is 14.0. The number of hydrogen-bond donors (Lipinski definition) is 2. The van der Waals surface area contributed by atoms with Crippen LogP contribution in [0.25, 0.3) is 0 Å². The van der Waals surface area contributed by atoms with Crippen molar-refractivity contribution in [3.05, 3.63) is 92.9 Å². The van der Waals surface area contributed by atoms with Crippen LogP contribution in [-0.4, -0.2) is 21.3 Å². The zero-order valence-corrected chi connectivity index (χ0v) is 23.4. The van der Waals surface area contributed by atoms with Crippen molar-refractivity contribution >= 4 is 43.3 Å². The molecule has 4 rings (SSSR count). The Morgan fingerprint density at radius 1 is 0.892 bits per heavy atom. The molecule has 1 heterocycles. The number of sulfone groups is 1. The molecular formula is C29H30N2O4S2. The van der Waals surface area contributed by atoms with E-state index in [0.717, 1.165) is 33.6 Å². The molecule has 1 aromatic heterocycles. The topological polar surface area (TPSA) is 98.5 Å². The van der Waals surface area contributed by atoms with Gasteiger partial charge in [-0.05, 0) is 81.1 Å². The Labute approximate surface area is 222 Å². The summed E-state index contributed by atoms with van der Waals surface area (Å²) in [4.78, 5) is 14.0. The lowest BCUT2D eigenvalue weighted by Crippen LogP contribution is -2.10. The number of rotatable bonds is 7. The molecule has 0 unspecified atom stereocenters. The van der Waals surface area contributed by atoms with Crippen LogP contribution >= 0.6 is 11.3 Å². The first-order valence-corrected chi connectivity index (χ1v) is 14.0. The minimum atomic E-state index is -4.08. The molecule has 0 saturated carbocycles. The first-order chi connectivity index (χ1) is 17.4. The van der Waals surface area contributed by atoms with Crippen molar-refractivity contribution in [2.45, 2.75) is 44.4 Å². The van der Waals surface area contributed by atoms with Gasteiger partial charge in [-0.25, -0.2) is 8.42 Å². The molecule has 0 atom stereocenters. The van der Waals surface area contributed by atoms with Gasteiger partial charge in [0.1, 0.15) is 20.5 Å². The maximum absolute atomic E-state index is 14.0. The van der Waals surface area contributed by atoms with Crippen LogP contribution in [0.15, 0.2) is 64.4 Å². The molecule has 0 bridgehead atoms. The summed E-state index contributed by atoms with van der Waals surface area (Å²) in [5.74, 6) is 0.218. The van der Waals surface area contributed by atoms with Gasteiger partial charge in [0.25, 0.3) is 0 Å². The quantitative estimate of drug-likeness (QED) is 0.256. The highest BCUT2D eigenvalue weighted by Gasteiger charge is 2.33. The summed E-state index contributed by atoms with van der Waals surface area (Å²) >= 11 is 1.03. The molecule has 192 valence electrons. The van der Waals surface area contributed by atoms with Crippen LogP contribution in [0, 0.1) is 34.6 Å². The van der Waals surface area contributed by atoms with E-state index in [4.69, 9.17) is 10.5 Å². The summed E-state index contributed by atoms with van der Waals surface area (Å²) in [7, 11) is -2.54. The number of thiophene rings is 1. The lowest BCUT2D eigenvalue weighted by molar-refractivity contribution is 0.104. The zero-order valence-electron chi connectivity index (χ0n) is 21.7. The van der Waals surface area contributed by atoms with Crippen molar-refractivity contribution in [3.8, 4) is 5.75 Å². The average Bonchev–Trinajstić information content (AvgIpc) is 3.17. The molecule has 0 aliphatic carbocycles. The van der Waals surface area contributed by atoms with E-state index >= 15 is 0 Å². The fourth-order valence-corrected chi connectivity index (χ4v) is 7.49. The molecular weight excluding hydrogens is 504 g/mol. The highest BCUT2D eigenvalue weighted by molar-refractivity contribution is 7.92. The van der Waals surface area contributed by atoms with E-state index in [2.05, 4.69) is 5.32 Å². The Balaban J connectivity index is 1.95. The molecule has 0 aliphatic heterocycles. The number of nitrogen functional groups attached to an aromatic ring is 1. The van der Waals surface area contributed by atoms with E-state index in [1.807, 2.05) is 58.0 Å². The van der Waals surface area contributed by atoms with Crippen LogP contribution in [0.5, 0.6) is 5.75 Å². The largest absolute Gasteiger partial charge is 0.495 e. The van der Waals surface area contributed by atoms with Crippen LogP contribution in [0.2, 0.25) is 0 Å². The Kier molecular flexibility index (Phi) is 7.17. The minimum absolute atomic E-state index is 0.0648. The van der Waals surface area contributed by atoms with Gasteiger partial charge in [0.05, 0.1) is 23.4 Å². The molecule has 8 heteroatoms. The number of aryl methyl sites for hydroxylation is 5. The van der Waals surface area contributed by atoms with Gasteiger partial charge in [-0.15, -0.1) is 11.3 Å². The van der Waals surface area contributed by atoms with E-state index < -0.39 is 9.84 Å². The highest BCUT2D eigenvalue weighted by atomic mass is 32.2. The van der Waals surface area contributed by atoms with Crippen LogP contribution in [-0.2, 0) is 9.84 Å². The molecule has 0 saturated heterocycles. The Morgan fingerprint density at radius 2 is 1.57 bits per heavy atom. The molecule has 0 radical (unpaired) electrons. The van der Waals surface area contributed by atoms with Gasteiger partial charge in [-0.3, -0.25) is 4.79 Å². The van der Waals surface area contributed by atoms with E-state index in [9.17, 15) is 13.2 Å². The molecule has 3 N–H and O–H groups in total. The second-order valence-electron chi connectivity index (χ2n) is 9.18. The minimum Gasteiger partial charge on any atom is -0.495 e. The predicted octanol–water partition coefficient (Wildman–Crippen LogP) is 6.69. The number of ether oxygens (including phenoxy) is 1. The lowest BCUT2D eigenvalue weighted by Gasteiger charge is -2.13. The number of nitrogens with one attached hydrogen (secondary N) is 1. The van der Waals surface area contributed by atoms with Crippen molar-refractivity contribution in [1.29, 1.82) is 0 Å². The molecule has 6 nitrogen and oxygen atoms in total. The number of nitrogens with two attached hydrogens (primary N) is 1. The van der Waals surface area contributed by atoms with Crippen molar-refractivity contribution in [2.75, 3.05) is 18.2 Å². The van der Waals surface area contributed by atoms with E-state index in [0.29, 0.717) is 22.6 Å². The van der Waals surface area contributed by atoms with Crippen molar-refractivity contribution in [2.24, 2.45) is 0 Å². The molecule has 0 amide bonds. The fraction of sp³-hybridized carbons (Fsp3) is 0.207. The summed E-state index contributed by atoms with van der Waals surface area (Å²) in [5.41, 5.74) is 11.9. The fourth-order valence-electron chi connectivity index (χ4n) is 4.36. The van der Waals surface area contributed by atoms with Gasteiger partial charge in [-0.2, -0.15) is 0 Å². The summed E-state index contributed by atoms with van der Waals surface area (Å²) in [5, 5.41) is 3.44. The molecule has 0 aliphatic rings. The van der Waals surface area contributed by atoms with Gasteiger partial charge in [0.15, 0.2) is 0 Å². The summed E-state index contributed by atoms with van der Waals surface area (Å²) in [6, 6.07) is 16.1. The van der Waals surface area contributed by atoms with E-state index in [1.54, 1.807) is 31.2 Å². The lowest BCUT2D eigenvalue weighted by atomic mass is 9.97. The number of carbonyl (C=O) groups excluding carboxylic acids is 1. The Bertz CT molecular complexity index is 1640. The highest BCUT2D eigenvalue weighted by Crippen LogP contribution is 2.45. The van der Waals surface area contributed by atoms with Crippen molar-refractivity contribution < 1.29 is 17.9 Å². The smallest absolute Gasteiger partial charge is 0.211 e. The monoisotopic (exact) mass is 534 g/mol. The number of methoxy groups -OCH3 is 1. The van der Waals surface area contributed by atoms with Crippen molar-refractivity contribution in [3.63, 3.8) is 0 Å². The number of carbonyl (C=O) groups is 1. The van der Waals surface area contributed by atoms with Gasteiger partial charge < -0.3 is 15.8 Å². The second kappa shape index (κ2) is 10.0. The zero-order chi connectivity index (χ0) is 27.1. The Hall–Kier alpha value is -3.62. The van der Waals surface area contributed by atoms with Crippen molar-refractivity contribution in [1.82, 2.24) is 0 Å². The number of hydrogen-bond acceptors (Lipinski definition) is 7. The van der Waals surface area contributed by atoms with Crippen LogP contribution in [0.1, 0.15) is 43.1 Å². The SMILES string of the molecule is COc1ccccc1Nc1sc(C(=O)c2cc(C)c(C)cc2C)c(N)c1S(=O)(=O)c1ccc(C)cc1C. The van der Waals surface area contributed by atoms with Crippen LogP contribution < -0.4 is 15.8 Å². The standard InChI is InChI=1S/C29H30N2O4S2/c1-16-11-12-24(20(5)13-16)37(33,34)28-25(30)27(26(32)21-15-18(3)17(2)14-19(21)4)36-29(28)31-22-9-7-8-10-23(22)35-6/h7-15,31H,30H2,1-6H3. The van der Waals surface area contributed by atoms with E-state index in [-0.39, 0.29) is 31.1 Å². The third kappa shape index (κ3) is 4.86. The first-order valence-electron chi connectivity index (χ1n) is 11.7. The number of para-hydroxylation sites is 2. The number of ketones is 1. The maximum Gasteiger partial charge on any atom is 0.211 e.